The van der Waals surface area contributed by atoms with E-state index in [0.29, 0.717) is 11.5 Å². The molecule has 0 saturated carbocycles. The van der Waals surface area contributed by atoms with Gasteiger partial charge in [-0.3, -0.25) is 4.79 Å². The Morgan fingerprint density at radius 1 is 1.33 bits per heavy atom. The van der Waals surface area contributed by atoms with E-state index in [4.69, 9.17) is 10.5 Å². The normalized spacial score (nSPS) is 12.8. The number of halogens is 3. The summed E-state index contributed by atoms with van der Waals surface area (Å²) in [6.07, 6.45) is -4.69. The van der Waals surface area contributed by atoms with Crippen LogP contribution in [0.5, 0.6) is 5.75 Å². The van der Waals surface area contributed by atoms with Gasteiger partial charge < -0.3 is 15.2 Å². The van der Waals surface area contributed by atoms with Gasteiger partial charge in [-0.1, -0.05) is 12.1 Å². The molecule has 4 nitrogen and oxygen atoms in total. The molecule has 118 valence electrons. The predicted octanol–water partition coefficient (Wildman–Crippen LogP) is 2.71. The molecule has 1 aromatic rings. The highest BCUT2D eigenvalue weighted by atomic mass is 32.2. The van der Waals surface area contributed by atoms with Gasteiger partial charge in [-0.25, -0.2) is 0 Å². The topological polar surface area (TPSA) is 61.5 Å². The van der Waals surface area contributed by atoms with Gasteiger partial charge in [-0.15, -0.1) is 13.2 Å². The van der Waals surface area contributed by atoms with Gasteiger partial charge in [-0.2, -0.15) is 11.8 Å². The Balaban J connectivity index is 2.38. The zero-order valence-electron chi connectivity index (χ0n) is 11.4. The van der Waals surface area contributed by atoms with Gasteiger partial charge in [0.25, 0.3) is 0 Å². The van der Waals surface area contributed by atoms with E-state index in [0.717, 1.165) is 5.56 Å². The Hall–Kier alpha value is -1.41. The first-order valence-corrected chi connectivity index (χ1v) is 7.32. The van der Waals surface area contributed by atoms with E-state index < -0.39 is 18.4 Å². The summed E-state index contributed by atoms with van der Waals surface area (Å²) in [5.41, 5.74) is 6.43. The minimum atomic E-state index is -4.69. The third-order valence-corrected chi connectivity index (χ3v) is 3.44. The molecule has 2 N–H and O–H groups in total. The number of rotatable bonds is 7. The third kappa shape index (κ3) is 7.24. The van der Waals surface area contributed by atoms with Gasteiger partial charge in [-0.05, 0) is 24.6 Å². The molecule has 0 aliphatic heterocycles. The summed E-state index contributed by atoms with van der Waals surface area (Å²) in [6, 6.07) is 4.85. The lowest BCUT2D eigenvalue weighted by atomic mass is 10.2. The number of carbonyl (C=O) groups excluding carboxylic acids is 1. The van der Waals surface area contributed by atoms with Crippen LogP contribution in [0.2, 0.25) is 0 Å². The number of alkyl halides is 3. The number of nitrogens with two attached hydrogens (primary N) is 1. The molecular weight excluding hydrogens is 307 g/mol. The zero-order valence-corrected chi connectivity index (χ0v) is 12.2. The van der Waals surface area contributed by atoms with Gasteiger partial charge >= 0.3 is 12.3 Å². The van der Waals surface area contributed by atoms with E-state index in [1.165, 1.54) is 36.0 Å². The molecule has 8 heteroatoms. The van der Waals surface area contributed by atoms with Crippen molar-refractivity contribution in [1.29, 1.82) is 0 Å². The number of esters is 1. The second kappa shape index (κ2) is 8.14. The highest BCUT2D eigenvalue weighted by molar-refractivity contribution is 7.98. The van der Waals surface area contributed by atoms with E-state index >= 15 is 0 Å². The van der Waals surface area contributed by atoms with Crippen molar-refractivity contribution >= 4 is 17.7 Å². The van der Waals surface area contributed by atoms with E-state index in [9.17, 15) is 18.0 Å². The van der Waals surface area contributed by atoms with E-state index in [1.54, 1.807) is 6.92 Å². The fourth-order valence-corrected chi connectivity index (χ4v) is 2.34. The summed E-state index contributed by atoms with van der Waals surface area (Å²) in [4.78, 5) is 11.3. The van der Waals surface area contributed by atoms with Gasteiger partial charge in [0.05, 0.1) is 6.61 Å². The van der Waals surface area contributed by atoms with Crippen LogP contribution < -0.4 is 10.5 Å². The number of hydrogen-bond acceptors (Lipinski definition) is 5. The molecule has 0 spiro atoms. The van der Waals surface area contributed by atoms with Crippen molar-refractivity contribution in [2.24, 2.45) is 5.73 Å². The SMILES string of the molecule is CCOC(=O)C(N)CSCc1ccc(OC(F)(F)F)cc1. The Bertz CT molecular complexity index is 451. The molecule has 1 atom stereocenters. The van der Waals surface area contributed by atoms with Crippen LogP contribution >= 0.6 is 11.8 Å². The van der Waals surface area contributed by atoms with Crippen molar-refractivity contribution in [2.45, 2.75) is 25.1 Å². The third-order valence-electron chi connectivity index (χ3n) is 2.31. The molecule has 0 aliphatic carbocycles. The van der Waals surface area contributed by atoms with Gasteiger partial charge in [0, 0.05) is 11.5 Å². The van der Waals surface area contributed by atoms with Crippen molar-refractivity contribution < 1.29 is 27.4 Å². The maximum atomic E-state index is 12.0. The maximum absolute atomic E-state index is 12.0. The lowest BCUT2D eigenvalue weighted by molar-refractivity contribution is -0.274. The van der Waals surface area contributed by atoms with E-state index in [2.05, 4.69) is 4.74 Å². The maximum Gasteiger partial charge on any atom is 0.573 e. The molecule has 0 bridgehead atoms. The van der Waals surface area contributed by atoms with Crippen LogP contribution in [0.1, 0.15) is 12.5 Å². The van der Waals surface area contributed by atoms with Crippen molar-refractivity contribution in [2.75, 3.05) is 12.4 Å². The summed E-state index contributed by atoms with van der Waals surface area (Å²) < 4.78 is 44.5. The molecule has 1 aromatic carbocycles. The summed E-state index contributed by atoms with van der Waals surface area (Å²) in [7, 11) is 0. The highest BCUT2D eigenvalue weighted by Gasteiger charge is 2.30. The molecule has 1 unspecified atom stereocenters. The fourth-order valence-electron chi connectivity index (χ4n) is 1.41. The monoisotopic (exact) mass is 323 g/mol. The highest BCUT2D eigenvalue weighted by Crippen LogP contribution is 2.23. The van der Waals surface area contributed by atoms with Crippen LogP contribution in [0.4, 0.5) is 13.2 Å². The number of benzene rings is 1. The molecule has 0 fully saturated rings. The van der Waals surface area contributed by atoms with Crippen LogP contribution in [0.15, 0.2) is 24.3 Å². The molecular formula is C13H16F3NO3S. The van der Waals surface area contributed by atoms with Gasteiger partial charge in [0.2, 0.25) is 0 Å². The van der Waals surface area contributed by atoms with Crippen molar-refractivity contribution in [1.82, 2.24) is 0 Å². The first kappa shape index (κ1) is 17.6. The van der Waals surface area contributed by atoms with Gasteiger partial charge in [0.15, 0.2) is 0 Å². The van der Waals surface area contributed by atoms with Crippen molar-refractivity contribution in [3.8, 4) is 5.75 Å². The minimum Gasteiger partial charge on any atom is -0.465 e. The zero-order chi connectivity index (χ0) is 15.9. The Labute approximate surface area is 124 Å². The van der Waals surface area contributed by atoms with E-state index in [-0.39, 0.29) is 12.4 Å². The van der Waals surface area contributed by atoms with Crippen LogP contribution in [0, 0.1) is 0 Å². The predicted molar refractivity (Wildman–Crippen MR) is 73.9 cm³/mol. The number of ether oxygens (including phenoxy) is 2. The largest absolute Gasteiger partial charge is 0.573 e. The average molecular weight is 323 g/mol. The lowest BCUT2D eigenvalue weighted by Gasteiger charge is -2.11. The fraction of sp³-hybridized carbons (Fsp3) is 0.462. The van der Waals surface area contributed by atoms with Gasteiger partial charge in [0.1, 0.15) is 11.8 Å². The quantitative estimate of drug-likeness (QED) is 0.782. The van der Waals surface area contributed by atoms with Crippen LogP contribution in [0.3, 0.4) is 0 Å². The number of hydrogen-bond donors (Lipinski definition) is 1. The summed E-state index contributed by atoms with van der Waals surface area (Å²) in [6.45, 7) is 1.97. The second-order valence-corrected chi connectivity index (χ2v) is 5.10. The van der Waals surface area contributed by atoms with E-state index in [1.807, 2.05) is 0 Å². The minimum absolute atomic E-state index is 0.264. The first-order chi connectivity index (χ1) is 9.81. The van der Waals surface area contributed by atoms with Crippen LogP contribution in [-0.4, -0.2) is 30.7 Å². The molecule has 0 aliphatic rings. The number of thioether (sulfide) groups is 1. The Morgan fingerprint density at radius 3 is 2.48 bits per heavy atom. The summed E-state index contributed by atoms with van der Waals surface area (Å²) in [5.74, 6) is 0.178. The molecule has 1 rings (SSSR count). The molecule has 21 heavy (non-hydrogen) atoms. The Kier molecular flexibility index (Phi) is 6.83. The summed E-state index contributed by atoms with van der Waals surface area (Å²) >= 11 is 1.40. The Morgan fingerprint density at radius 2 is 1.95 bits per heavy atom. The average Bonchev–Trinajstić information content (AvgIpc) is 2.39. The number of carbonyl (C=O) groups is 1. The van der Waals surface area contributed by atoms with Crippen molar-refractivity contribution in [3.05, 3.63) is 29.8 Å². The molecule has 0 heterocycles. The second-order valence-electron chi connectivity index (χ2n) is 4.07. The molecule has 0 saturated heterocycles. The van der Waals surface area contributed by atoms with Crippen molar-refractivity contribution in [3.63, 3.8) is 0 Å². The summed E-state index contributed by atoms with van der Waals surface area (Å²) in [5, 5.41) is 0. The molecule has 0 aromatic heterocycles. The first-order valence-electron chi connectivity index (χ1n) is 6.16. The molecule has 0 amide bonds. The van der Waals surface area contributed by atoms with Crippen LogP contribution in [-0.2, 0) is 15.3 Å². The van der Waals surface area contributed by atoms with Crippen LogP contribution in [0.25, 0.3) is 0 Å². The standard InChI is InChI=1S/C13H16F3NO3S/c1-2-19-12(18)11(17)8-21-7-9-3-5-10(6-4-9)20-13(14,15)16/h3-6,11H,2,7-8,17H2,1H3. The lowest BCUT2D eigenvalue weighted by Crippen LogP contribution is -2.34. The molecule has 0 radical (unpaired) electrons. The smallest absolute Gasteiger partial charge is 0.465 e.